The average Bonchev–Trinajstić information content (AvgIpc) is 2.28. The number of hydrogen-bond acceptors (Lipinski definition) is 4. The zero-order valence-corrected chi connectivity index (χ0v) is 8.81. The van der Waals surface area contributed by atoms with Crippen LogP contribution in [0.5, 0.6) is 0 Å². The number of Topliss-reactive ketones (excluding diaryl/α,β-unsaturated/α-hetero) is 1. The number of para-hydroxylation sites is 1. The van der Waals surface area contributed by atoms with Crippen LogP contribution < -0.4 is 22.3 Å². The molecular weight excluding hydrogens is 206 g/mol. The number of hydrazine groups is 1. The SMILES string of the molecule is N=C(N)N(N)c1ccccc1C(=O)CCN. The van der Waals surface area contributed by atoms with E-state index in [0.29, 0.717) is 11.3 Å². The fourth-order valence-corrected chi connectivity index (χ4v) is 1.32. The summed E-state index contributed by atoms with van der Waals surface area (Å²) in [7, 11) is 0. The molecule has 0 aliphatic carbocycles. The van der Waals surface area contributed by atoms with Crippen LogP contribution in [0.25, 0.3) is 0 Å². The Bertz CT molecular complexity index is 404. The molecule has 6 nitrogen and oxygen atoms in total. The van der Waals surface area contributed by atoms with Crippen molar-refractivity contribution < 1.29 is 4.79 Å². The van der Waals surface area contributed by atoms with Gasteiger partial charge >= 0.3 is 0 Å². The third kappa shape index (κ3) is 2.56. The number of nitrogens with two attached hydrogens (primary N) is 3. The maximum Gasteiger partial charge on any atom is 0.207 e. The molecule has 0 aromatic heterocycles. The van der Waals surface area contributed by atoms with Crippen molar-refractivity contribution in [1.82, 2.24) is 0 Å². The van der Waals surface area contributed by atoms with Crippen molar-refractivity contribution in [2.45, 2.75) is 6.42 Å². The largest absolute Gasteiger partial charge is 0.369 e. The molecule has 7 N–H and O–H groups in total. The van der Waals surface area contributed by atoms with Crippen LogP contribution in [0.4, 0.5) is 5.69 Å². The van der Waals surface area contributed by atoms with E-state index in [4.69, 9.17) is 22.7 Å². The summed E-state index contributed by atoms with van der Waals surface area (Å²) in [6.45, 7) is 0.276. The van der Waals surface area contributed by atoms with Crippen LogP contribution in [0.2, 0.25) is 0 Å². The molecule has 1 aromatic rings. The van der Waals surface area contributed by atoms with Crippen LogP contribution in [0, 0.1) is 5.41 Å². The molecule has 0 bridgehead atoms. The number of hydrogen-bond donors (Lipinski definition) is 4. The molecule has 0 aliphatic rings. The summed E-state index contributed by atoms with van der Waals surface area (Å²) in [5.74, 6) is 5.13. The highest BCUT2D eigenvalue weighted by molar-refractivity contribution is 6.05. The number of guanidine groups is 1. The summed E-state index contributed by atoms with van der Waals surface area (Å²) in [5.41, 5.74) is 11.4. The quantitative estimate of drug-likeness (QED) is 0.184. The molecule has 1 aromatic carbocycles. The zero-order chi connectivity index (χ0) is 12.1. The highest BCUT2D eigenvalue weighted by atomic mass is 16.1. The predicted molar refractivity (Wildman–Crippen MR) is 63.0 cm³/mol. The average molecular weight is 221 g/mol. The van der Waals surface area contributed by atoms with Crippen molar-refractivity contribution in [1.29, 1.82) is 5.41 Å². The summed E-state index contributed by atoms with van der Waals surface area (Å²) in [6, 6.07) is 6.71. The van der Waals surface area contributed by atoms with Crippen molar-refractivity contribution >= 4 is 17.4 Å². The number of anilines is 1. The van der Waals surface area contributed by atoms with Crippen molar-refractivity contribution in [2.24, 2.45) is 17.3 Å². The second kappa shape index (κ2) is 5.24. The highest BCUT2D eigenvalue weighted by Crippen LogP contribution is 2.19. The Kier molecular flexibility index (Phi) is 3.98. The Morgan fingerprint density at radius 2 is 2.00 bits per heavy atom. The van der Waals surface area contributed by atoms with Gasteiger partial charge in [0.2, 0.25) is 5.96 Å². The first kappa shape index (κ1) is 12.2. The normalized spacial score (nSPS) is 9.88. The number of rotatable bonds is 4. The maximum atomic E-state index is 11.7. The molecule has 0 spiro atoms. The fraction of sp³-hybridized carbons (Fsp3) is 0.200. The molecule has 0 saturated heterocycles. The summed E-state index contributed by atoms with van der Waals surface area (Å²) < 4.78 is 0. The number of nitrogens with one attached hydrogen (secondary N) is 1. The maximum absolute atomic E-state index is 11.7. The van der Waals surface area contributed by atoms with Gasteiger partial charge in [0, 0.05) is 12.0 Å². The van der Waals surface area contributed by atoms with Crippen molar-refractivity contribution in [3.05, 3.63) is 29.8 Å². The zero-order valence-electron chi connectivity index (χ0n) is 8.81. The Hall–Kier alpha value is -1.92. The fourth-order valence-electron chi connectivity index (χ4n) is 1.32. The third-order valence-electron chi connectivity index (χ3n) is 2.09. The lowest BCUT2D eigenvalue weighted by Crippen LogP contribution is -2.43. The lowest BCUT2D eigenvalue weighted by molar-refractivity contribution is 0.0986. The van der Waals surface area contributed by atoms with E-state index in [1.807, 2.05) is 0 Å². The molecule has 0 fully saturated rings. The van der Waals surface area contributed by atoms with Gasteiger partial charge in [0.05, 0.1) is 5.69 Å². The minimum atomic E-state index is -0.326. The molecular formula is C10H15N5O. The van der Waals surface area contributed by atoms with E-state index in [-0.39, 0.29) is 24.7 Å². The van der Waals surface area contributed by atoms with Crippen LogP contribution in [-0.4, -0.2) is 18.3 Å². The van der Waals surface area contributed by atoms with Gasteiger partial charge in [-0.05, 0) is 18.7 Å². The second-order valence-corrected chi connectivity index (χ2v) is 3.23. The van der Waals surface area contributed by atoms with E-state index in [9.17, 15) is 4.79 Å². The molecule has 6 heteroatoms. The van der Waals surface area contributed by atoms with Crippen molar-refractivity contribution in [3.63, 3.8) is 0 Å². The van der Waals surface area contributed by atoms with Gasteiger partial charge in [-0.3, -0.25) is 10.2 Å². The number of carbonyl (C=O) groups is 1. The van der Waals surface area contributed by atoms with E-state index in [1.165, 1.54) is 0 Å². The van der Waals surface area contributed by atoms with Gasteiger partial charge in [-0.25, -0.2) is 10.9 Å². The first-order valence-corrected chi connectivity index (χ1v) is 4.79. The molecule has 0 atom stereocenters. The summed E-state index contributed by atoms with van der Waals surface area (Å²) in [6.07, 6.45) is 0.239. The molecule has 0 amide bonds. The van der Waals surface area contributed by atoms with Gasteiger partial charge < -0.3 is 11.5 Å². The molecule has 16 heavy (non-hydrogen) atoms. The molecule has 0 radical (unpaired) electrons. The molecule has 0 saturated carbocycles. The minimum Gasteiger partial charge on any atom is -0.369 e. The van der Waals surface area contributed by atoms with Crippen LogP contribution in [0.3, 0.4) is 0 Å². The van der Waals surface area contributed by atoms with Crippen LogP contribution >= 0.6 is 0 Å². The highest BCUT2D eigenvalue weighted by Gasteiger charge is 2.14. The number of nitrogens with zero attached hydrogens (tertiary/aromatic N) is 1. The molecule has 0 aliphatic heterocycles. The number of benzene rings is 1. The first-order chi connectivity index (χ1) is 7.57. The van der Waals surface area contributed by atoms with Crippen molar-refractivity contribution in [2.75, 3.05) is 11.6 Å². The third-order valence-corrected chi connectivity index (χ3v) is 2.09. The van der Waals surface area contributed by atoms with E-state index in [2.05, 4.69) is 0 Å². The summed E-state index contributed by atoms with van der Waals surface area (Å²) >= 11 is 0. The van der Waals surface area contributed by atoms with Gasteiger partial charge in [0.25, 0.3) is 0 Å². The molecule has 1 rings (SSSR count). The predicted octanol–water partition coefficient (Wildman–Crippen LogP) is -0.208. The second-order valence-electron chi connectivity index (χ2n) is 3.23. The first-order valence-electron chi connectivity index (χ1n) is 4.79. The Morgan fingerprint density at radius 3 is 2.56 bits per heavy atom. The van der Waals surface area contributed by atoms with E-state index in [1.54, 1.807) is 24.3 Å². The summed E-state index contributed by atoms with van der Waals surface area (Å²) in [4.78, 5) is 11.7. The van der Waals surface area contributed by atoms with Gasteiger partial charge in [-0.1, -0.05) is 12.1 Å². The van der Waals surface area contributed by atoms with Crippen molar-refractivity contribution in [3.8, 4) is 0 Å². The van der Waals surface area contributed by atoms with Crippen LogP contribution in [0.15, 0.2) is 24.3 Å². The monoisotopic (exact) mass is 221 g/mol. The molecule has 0 heterocycles. The number of carbonyl (C=O) groups excluding carboxylic acids is 1. The van der Waals surface area contributed by atoms with Crippen LogP contribution in [-0.2, 0) is 0 Å². The van der Waals surface area contributed by atoms with Crippen LogP contribution in [0.1, 0.15) is 16.8 Å². The standard InChI is InChI=1S/C10H15N5O/c11-6-5-9(16)7-3-1-2-4-8(7)15(14)10(12)13/h1-4H,5-6,11,14H2,(H3,12,13). The van der Waals surface area contributed by atoms with Gasteiger partial charge in [-0.15, -0.1) is 0 Å². The minimum absolute atomic E-state index is 0.116. The van der Waals surface area contributed by atoms with Gasteiger partial charge in [0.1, 0.15) is 0 Å². The smallest absolute Gasteiger partial charge is 0.207 e. The lowest BCUT2D eigenvalue weighted by Gasteiger charge is -2.18. The topological polar surface area (TPSA) is 122 Å². The molecule has 0 unspecified atom stereocenters. The molecule has 86 valence electrons. The Morgan fingerprint density at radius 1 is 1.38 bits per heavy atom. The Labute approximate surface area is 93.5 Å². The Balaban J connectivity index is 3.09. The number of ketones is 1. The van der Waals surface area contributed by atoms with E-state index in [0.717, 1.165) is 5.01 Å². The van der Waals surface area contributed by atoms with Gasteiger partial charge in [-0.2, -0.15) is 0 Å². The van der Waals surface area contributed by atoms with Gasteiger partial charge in [0.15, 0.2) is 5.78 Å². The summed E-state index contributed by atoms with van der Waals surface area (Å²) in [5, 5.41) is 8.18. The van der Waals surface area contributed by atoms with E-state index >= 15 is 0 Å². The lowest BCUT2D eigenvalue weighted by atomic mass is 10.1. The van der Waals surface area contributed by atoms with E-state index < -0.39 is 0 Å².